The zero-order chi connectivity index (χ0) is 24.4. The third kappa shape index (κ3) is 4.04. The summed E-state index contributed by atoms with van der Waals surface area (Å²) in [5.41, 5.74) is -1.37. The topological polar surface area (TPSA) is 92.7 Å². The van der Waals surface area contributed by atoms with Crippen molar-refractivity contribution in [3.05, 3.63) is 0 Å². The van der Waals surface area contributed by atoms with E-state index in [4.69, 9.17) is 4.74 Å². The summed E-state index contributed by atoms with van der Waals surface area (Å²) in [6.45, 7) is 9.94. The number of carboxylic acids is 1. The molecule has 0 saturated heterocycles. The van der Waals surface area contributed by atoms with Crippen LogP contribution in [0.1, 0.15) is 86.0 Å². The number of alkyl carbamates (subject to hydrolysis) is 1. The van der Waals surface area contributed by atoms with E-state index < -0.39 is 27.8 Å². The molecule has 5 saturated carbocycles. The van der Waals surface area contributed by atoms with E-state index in [2.05, 4.69) is 12.2 Å². The van der Waals surface area contributed by atoms with Crippen LogP contribution in [-0.4, -0.2) is 45.0 Å². The molecule has 188 valence electrons. The number of ether oxygens (including phenoxy) is 1. The van der Waals surface area contributed by atoms with E-state index in [1.165, 1.54) is 0 Å². The van der Waals surface area contributed by atoms with Gasteiger partial charge in [0.05, 0.1) is 5.41 Å². The molecular weight excluding hydrogens is 438 g/mol. The van der Waals surface area contributed by atoms with Gasteiger partial charge in [0, 0.05) is 28.9 Å². The molecule has 6 nitrogen and oxygen atoms in total. The SMILES string of the molecule is CS(=O)C[C@H]1[C@@H]2CC[C@@]3(CC[C@H]4[C@@](C)(CCC[C@@]4(C)C(=O)O)[C@@H]3C2)[C@@H]1NC(=O)OC(C)(C)C. The fourth-order valence-electron chi connectivity index (χ4n) is 8.96. The molecule has 1 spiro atoms. The summed E-state index contributed by atoms with van der Waals surface area (Å²) in [5, 5.41) is 13.5. The van der Waals surface area contributed by atoms with Crippen molar-refractivity contribution in [3.8, 4) is 0 Å². The maximum absolute atomic E-state index is 13.0. The lowest BCUT2D eigenvalue weighted by Gasteiger charge is -2.70. The summed E-state index contributed by atoms with van der Waals surface area (Å²) in [5.74, 6) is 1.08. The standard InChI is InChI=1S/C26H43NO5S/c1-23(2,3)32-22(30)27-20-17(15-33(6)31)16-8-12-26(20)13-9-18-24(4,19(26)14-16)10-7-11-25(18,5)21(28)29/h16-20H,7-15H2,1-6H3,(H,27,30)(H,28,29)/t16-,17+,18+,19+,20-,24-,25-,26+,33?/m1/s1. The number of rotatable bonds is 4. The Morgan fingerprint density at radius 3 is 2.36 bits per heavy atom. The molecule has 5 rings (SSSR count). The molecule has 0 aromatic carbocycles. The van der Waals surface area contributed by atoms with Gasteiger partial charge in [-0.3, -0.25) is 9.00 Å². The molecular formula is C26H43NO5S. The van der Waals surface area contributed by atoms with Gasteiger partial charge in [0.2, 0.25) is 0 Å². The van der Waals surface area contributed by atoms with Crippen molar-refractivity contribution in [2.24, 2.45) is 39.9 Å². The minimum atomic E-state index is -0.942. The van der Waals surface area contributed by atoms with Crippen LogP contribution in [0.25, 0.3) is 0 Å². The highest BCUT2D eigenvalue weighted by molar-refractivity contribution is 7.84. The van der Waals surface area contributed by atoms with Crippen molar-refractivity contribution in [2.75, 3.05) is 12.0 Å². The lowest BCUT2D eigenvalue weighted by Crippen LogP contribution is -2.70. The largest absolute Gasteiger partial charge is 0.481 e. The molecule has 1 amide bonds. The van der Waals surface area contributed by atoms with E-state index in [-0.39, 0.29) is 34.8 Å². The van der Waals surface area contributed by atoms with Gasteiger partial charge < -0.3 is 15.2 Å². The van der Waals surface area contributed by atoms with E-state index in [0.29, 0.717) is 17.6 Å². The molecule has 0 heterocycles. The van der Waals surface area contributed by atoms with Crippen LogP contribution in [0.3, 0.4) is 0 Å². The Labute approximate surface area is 201 Å². The minimum absolute atomic E-state index is 0.0491. The van der Waals surface area contributed by atoms with Crippen LogP contribution in [0, 0.1) is 39.9 Å². The molecule has 0 aromatic rings. The summed E-state index contributed by atoms with van der Waals surface area (Å²) in [4.78, 5) is 25.4. The normalized spacial score (nSPS) is 45.5. The minimum Gasteiger partial charge on any atom is -0.481 e. The van der Waals surface area contributed by atoms with Crippen LogP contribution in [0.15, 0.2) is 0 Å². The third-order valence-corrected chi connectivity index (χ3v) is 11.0. The van der Waals surface area contributed by atoms with Crippen molar-refractivity contribution >= 4 is 22.9 Å². The summed E-state index contributed by atoms with van der Waals surface area (Å²) in [6.07, 6.45) is 9.19. The van der Waals surface area contributed by atoms with Gasteiger partial charge in [-0.1, -0.05) is 13.3 Å². The molecule has 1 unspecified atom stereocenters. The van der Waals surface area contributed by atoms with Crippen molar-refractivity contribution in [2.45, 2.75) is 97.6 Å². The van der Waals surface area contributed by atoms with Gasteiger partial charge in [0.25, 0.3) is 0 Å². The second-order valence-corrected chi connectivity index (χ2v) is 14.5. The Bertz CT molecular complexity index is 839. The van der Waals surface area contributed by atoms with Gasteiger partial charge in [-0.25, -0.2) is 4.79 Å². The molecule has 0 radical (unpaired) electrons. The molecule has 9 atom stereocenters. The van der Waals surface area contributed by atoms with Crippen LogP contribution in [0.2, 0.25) is 0 Å². The van der Waals surface area contributed by atoms with Gasteiger partial charge in [-0.05, 0) is 107 Å². The van der Waals surface area contributed by atoms with Gasteiger partial charge in [0.1, 0.15) is 5.60 Å². The predicted octanol–water partition coefficient (Wildman–Crippen LogP) is 4.98. The van der Waals surface area contributed by atoms with E-state index in [1.54, 1.807) is 6.26 Å². The maximum atomic E-state index is 13.0. The first-order valence-electron chi connectivity index (χ1n) is 12.8. The van der Waals surface area contributed by atoms with E-state index >= 15 is 0 Å². The van der Waals surface area contributed by atoms with Crippen LogP contribution < -0.4 is 5.32 Å². The maximum Gasteiger partial charge on any atom is 0.407 e. The number of hydrogen-bond acceptors (Lipinski definition) is 4. The second-order valence-electron chi connectivity index (χ2n) is 13.0. The highest BCUT2D eigenvalue weighted by Gasteiger charge is 2.69. The Balaban J connectivity index is 1.72. The van der Waals surface area contributed by atoms with Crippen LogP contribution >= 0.6 is 0 Å². The molecule has 5 fully saturated rings. The number of fused-ring (bicyclic) bond motifs is 3. The highest BCUT2D eigenvalue weighted by Crippen LogP contribution is 2.72. The summed E-state index contributed by atoms with van der Waals surface area (Å²) >= 11 is 0. The molecule has 33 heavy (non-hydrogen) atoms. The summed E-state index contributed by atoms with van der Waals surface area (Å²) in [7, 11) is -0.942. The van der Waals surface area contributed by atoms with Gasteiger partial charge in [-0.15, -0.1) is 0 Å². The Morgan fingerprint density at radius 1 is 1.09 bits per heavy atom. The molecule has 2 bridgehead atoms. The fraction of sp³-hybridized carbons (Fsp3) is 0.923. The predicted molar refractivity (Wildman–Crippen MR) is 129 cm³/mol. The van der Waals surface area contributed by atoms with Crippen molar-refractivity contribution < 1.29 is 23.6 Å². The van der Waals surface area contributed by atoms with Gasteiger partial charge in [-0.2, -0.15) is 0 Å². The average Bonchev–Trinajstić information content (AvgIpc) is 2.68. The third-order valence-electron chi connectivity index (χ3n) is 10.1. The molecule has 0 aliphatic heterocycles. The van der Waals surface area contributed by atoms with E-state index in [1.807, 2.05) is 27.7 Å². The number of aliphatic carboxylic acids is 1. The average molecular weight is 482 g/mol. The first-order chi connectivity index (χ1) is 15.2. The number of nitrogens with one attached hydrogen (secondary N) is 1. The van der Waals surface area contributed by atoms with Crippen LogP contribution in [-0.2, 0) is 20.3 Å². The molecule has 2 N–H and O–H groups in total. The van der Waals surface area contributed by atoms with Crippen molar-refractivity contribution in [1.82, 2.24) is 5.32 Å². The first kappa shape index (κ1) is 25.0. The number of hydrogen-bond donors (Lipinski definition) is 2. The lowest BCUT2D eigenvalue weighted by atomic mass is 9.35. The van der Waals surface area contributed by atoms with Crippen LogP contribution in [0.5, 0.6) is 0 Å². The molecule has 0 aromatic heterocycles. The quantitative estimate of drug-likeness (QED) is 0.591. The zero-order valence-electron chi connectivity index (χ0n) is 21.2. The number of carbonyl (C=O) groups excluding carboxylic acids is 1. The number of amides is 1. The van der Waals surface area contributed by atoms with Gasteiger partial charge in [0.15, 0.2) is 0 Å². The van der Waals surface area contributed by atoms with E-state index in [9.17, 15) is 18.9 Å². The van der Waals surface area contributed by atoms with Crippen molar-refractivity contribution in [1.29, 1.82) is 0 Å². The highest BCUT2D eigenvalue weighted by atomic mass is 32.2. The van der Waals surface area contributed by atoms with Gasteiger partial charge >= 0.3 is 12.1 Å². The first-order valence-corrected chi connectivity index (χ1v) is 14.5. The summed E-state index contributed by atoms with van der Waals surface area (Å²) in [6, 6.07) is -0.0652. The smallest absolute Gasteiger partial charge is 0.407 e. The molecule has 7 heteroatoms. The molecule has 5 aliphatic carbocycles. The Morgan fingerprint density at radius 2 is 1.76 bits per heavy atom. The monoisotopic (exact) mass is 481 g/mol. The van der Waals surface area contributed by atoms with E-state index in [0.717, 1.165) is 51.4 Å². The van der Waals surface area contributed by atoms with Crippen LogP contribution in [0.4, 0.5) is 4.79 Å². The van der Waals surface area contributed by atoms with Crippen molar-refractivity contribution in [3.63, 3.8) is 0 Å². The summed E-state index contributed by atoms with van der Waals surface area (Å²) < 4.78 is 18.0. The fourth-order valence-corrected chi connectivity index (χ4v) is 9.97. The number of carbonyl (C=O) groups is 2. The lowest BCUT2D eigenvalue weighted by molar-refractivity contribution is -0.212. The molecule has 5 aliphatic rings. The Kier molecular flexibility index (Phi) is 6.24. The Hall–Kier alpha value is -1.11. The number of carboxylic acid groups (broad SMARTS) is 1. The second kappa shape index (κ2) is 8.23. The zero-order valence-corrected chi connectivity index (χ0v) is 22.1.